The molecule has 0 aliphatic carbocycles. The van der Waals surface area contributed by atoms with E-state index in [0.717, 1.165) is 28.2 Å². The Hall–Kier alpha value is -2.41. The molecule has 0 aliphatic heterocycles. The molecule has 1 atom stereocenters. The van der Waals surface area contributed by atoms with Gasteiger partial charge in [-0.2, -0.15) is 0 Å². The van der Waals surface area contributed by atoms with Crippen molar-refractivity contribution in [2.45, 2.75) is 12.8 Å². The highest BCUT2D eigenvalue weighted by molar-refractivity contribution is 5.99. The second-order valence-corrected chi connectivity index (χ2v) is 5.04. The van der Waals surface area contributed by atoms with Gasteiger partial charge < -0.3 is 0 Å². The smallest absolute Gasteiger partial charge is 0.150 e. The van der Waals surface area contributed by atoms with Crippen LogP contribution in [-0.4, -0.2) is 6.29 Å². The van der Waals surface area contributed by atoms with E-state index in [4.69, 9.17) is 0 Å². The van der Waals surface area contributed by atoms with Gasteiger partial charge in [0.05, 0.1) is 0 Å². The molecule has 0 aromatic heterocycles. The molecule has 3 aromatic rings. The largest absolute Gasteiger partial charge is 0.298 e. The number of aldehydes is 1. The summed E-state index contributed by atoms with van der Waals surface area (Å²) >= 11 is 0. The molecule has 0 saturated carbocycles. The Kier molecular flexibility index (Phi) is 3.34. The predicted molar refractivity (Wildman–Crippen MR) is 83.3 cm³/mol. The number of carbonyl (C=O) groups is 1. The van der Waals surface area contributed by atoms with Crippen molar-refractivity contribution in [2.24, 2.45) is 0 Å². The molecule has 0 heterocycles. The van der Waals surface area contributed by atoms with Crippen LogP contribution >= 0.6 is 0 Å². The van der Waals surface area contributed by atoms with Crippen molar-refractivity contribution in [3.8, 4) is 0 Å². The molecule has 20 heavy (non-hydrogen) atoms. The Morgan fingerprint density at radius 3 is 2.30 bits per heavy atom. The summed E-state index contributed by atoms with van der Waals surface area (Å²) in [5.74, 6) is 0.209. The summed E-state index contributed by atoms with van der Waals surface area (Å²) < 4.78 is 0. The number of benzene rings is 3. The number of hydrogen-bond acceptors (Lipinski definition) is 1. The van der Waals surface area contributed by atoms with E-state index in [1.54, 1.807) is 0 Å². The van der Waals surface area contributed by atoms with Crippen LogP contribution in [0.4, 0.5) is 0 Å². The van der Waals surface area contributed by atoms with E-state index in [-0.39, 0.29) is 5.92 Å². The van der Waals surface area contributed by atoms with Crippen molar-refractivity contribution >= 4 is 17.1 Å². The lowest BCUT2D eigenvalue weighted by Gasteiger charge is -2.16. The highest BCUT2D eigenvalue weighted by atomic mass is 16.1. The van der Waals surface area contributed by atoms with Crippen molar-refractivity contribution in [1.29, 1.82) is 0 Å². The summed E-state index contributed by atoms with van der Waals surface area (Å²) in [6.07, 6.45) is 0.983. The number of hydrogen-bond donors (Lipinski definition) is 0. The molecule has 0 fully saturated rings. The summed E-state index contributed by atoms with van der Waals surface area (Å²) in [4.78, 5) is 11.6. The van der Waals surface area contributed by atoms with Crippen LogP contribution in [0, 0.1) is 0 Å². The first-order chi connectivity index (χ1) is 9.81. The lowest BCUT2D eigenvalue weighted by molar-refractivity contribution is 0.112. The first kappa shape index (κ1) is 12.6. The monoisotopic (exact) mass is 260 g/mol. The van der Waals surface area contributed by atoms with Gasteiger partial charge in [0.15, 0.2) is 6.29 Å². The zero-order valence-electron chi connectivity index (χ0n) is 11.4. The summed E-state index contributed by atoms with van der Waals surface area (Å²) in [5.41, 5.74) is 3.12. The third kappa shape index (κ3) is 2.12. The van der Waals surface area contributed by atoms with Crippen LogP contribution in [0.15, 0.2) is 66.7 Å². The molecule has 1 nitrogen and oxygen atoms in total. The van der Waals surface area contributed by atoms with Gasteiger partial charge in [-0.25, -0.2) is 0 Å². The fourth-order valence-electron chi connectivity index (χ4n) is 2.74. The second kappa shape index (κ2) is 5.30. The Morgan fingerprint density at radius 2 is 1.55 bits per heavy atom. The molecule has 0 N–H and O–H groups in total. The van der Waals surface area contributed by atoms with Crippen molar-refractivity contribution in [2.75, 3.05) is 0 Å². The number of carbonyl (C=O) groups excluding carboxylic acids is 1. The van der Waals surface area contributed by atoms with Crippen LogP contribution in [0.1, 0.15) is 34.3 Å². The Labute approximate surface area is 118 Å². The maximum Gasteiger partial charge on any atom is 0.150 e. The van der Waals surface area contributed by atoms with Crippen LogP contribution < -0.4 is 0 Å². The average molecular weight is 260 g/mol. The maximum absolute atomic E-state index is 11.6. The third-order valence-corrected chi connectivity index (χ3v) is 3.89. The fraction of sp³-hybridized carbons (Fsp3) is 0.105. The van der Waals surface area contributed by atoms with E-state index < -0.39 is 0 Å². The number of rotatable bonds is 3. The summed E-state index contributed by atoms with van der Waals surface area (Å²) in [6, 6.07) is 22.5. The van der Waals surface area contributed by atoms with Crippen LogP contribution in [0.3, 0.4) is 0 Å². The Bertz CT molecular complexity index is 744. The SMILES string of the molecule is CC(c1ccccc1)c1ccc2ccccc2c1C=O. The highest BCUT2D eigenvalue weighted by Gasteiger charge is 2.14. The molecule has 0 radical (unpaired) electrons. The van der Waals surface area contributed by atoms with Crippen LogP contribution in [0.25, 0.3) is 10.8 Å². The zero-order chi connectivity index (χ0) is 13.9. The summed E-state index contributed by atoms with van der Waals surface area (Å²) in [5, 5.41) is 2.14. The van der Waals surface area contributed by atoms with Crippen LogP contribution in [0.5, 0.6) is 0 Å². The molecular formula is C19H16O. The van der Waals surface area contributed by atoms with Gasteiger partial charge in [-0.05, 0) is 21.9 Å². The normalized spacial score (nSPS) is 12.2. The molecule has 98 valence electrons. The van der Waals surface area contributed by atoms with Crippen LogP contribution in [-0.2, 0) is 0 Å². The van der Waals surface area contributed by atoms with Gasteiger partial charge in [-0.1, -0.05) is 73.7 Å². The standard InChI is InChI=1S/C19H16O/c1-14(15-7-3-2-4-8-15)17-12-11-16-9-5-6-10-18(16)19(17)13-20/h2-14H,1H3. The van der Waals surface area contributed by atoms with E-state index in [0.29, 0.717) is 0 Å². The van der Waals surface area contributed by atoms with Gasteiger partial charge in [0.1, 0.15) is 0 Å². The molecule has 0 amide bonds. The predicted octanol–water partition coefficient (Wildman–Crippen LogP) is 4.80. The first-order valence-corrected chi connectivity index (χ1v) is 6.83. The molecule has 3 aromatic carbocycles. The molecule has 0 saturated heterocycles. The quantitative estimate of drug-likeness (QED) is 0.618. The Balaban J connectivity index is 2.19. The molecule has 0 bridgehead atoms. The van der Waals surface area contributed by atoms with Gasteiger partial charge in [-0.3, -0.25) is 4.79 Å². The molecule has 0 aliphatic rings. The minimum absolute atomic E-state index is 0.209. The van der Waals surface area contributed by atoms with E-state index in [9.17, 15) is 4.79 Å². The number of fused-ring (bicyclic) bond motifs is 1. The van der Waals surface area contributed by atoms with Crippen molar-refractivity contribution in [3.63, 3.8) is 0 Å². The summed E-state index contributed by atoms with van der Waals surface area (Å²) in [7, 11) is 0. The molecular weight excluding hydrogens is 244 g/mol. The maximum atomic E-state index is 11.6. The third-order valence-electron chi connectivity index (χ3n) is 3.89. The van der Waals surface area contributed by atoms with E-state index >= 15 is 0 Å². The molecule has 3 rings (SSSR count). The first-order valence-electron chi connectivity index (χ1n) is 6.83. The van der Waals surface area contributed by atoms with Crippen molar-refractivity contribution in [3.05, 3.63) is 83.4 Å². The fourth-order valence-corrected chi connectivity index (χ4v) is 2.74. The van der Waals surface area contributed by atoms with Gasteiger partial charge >= 0.3 is 0 Å². The zero-order valence-corrected chi connectivity index (χ0v) is 11.4. The van der Waals surface area contributed by atoms with Crippen molar-refractivity contribution in [1.82, 2.24) is 0 Å². The minimum atomic E-state index is 0.209. The van der Waals surface area contributed by atoms with Gasteiger partial charge in [0.25, 0.3) is 0 Å². The lowest BCUT2D eigenvalue weighted by atomic mass is 9.87. The van der Waals surface area contributed by atoms with Gasteiger partial charge in [-0.15, -0.1) is 0 Å². The summed E-state index contributed by atoms with van der Waals surface area (Å²) in [6.45, 7) is 2.15. The van der Waals surface area contributed by atoms with E-state index in [1.165, 1.54) is 5.56 Å². The topological polar surface area (TPSA) is 17.1 Å². The van der Waals surface area contributed by atoms with Gasteiger partial charge in [0, 0.05) is 11.5 Å². The average Bonchev–Trinajstić information content (AvgIpc) is 2.54. The highest BCUT2D eigenvalue weighted by Crippen LogP contribution is 2.30. The lowest BCUT2D eigenvalue weighted by Crippen LogP contribution is -2.01. The van der Waals surface area contributed by atoms with Crippen LogP contribution in [0.2, 0.25) is 0 Å². The van der Waals surface area contributed by atoms with E-state index in [2.05, 4.69) is 31.2 Å². The minimum Gasteiger partial charge on any atom is -0.298 e. The Morgan fingerprint density at radius 1 is 0.850 bits per heavy atom. The van der Waals surface area contributed by atoms with Crippen molar-refractivity contribution < 1.29 is 4.79 Å². The van der Waals surface area contributed by atoms with E-state index in [1.807, 2.05) is 42.5 Å². The van der Waals surface area contributed by atoms with Gasteiger partial charge in [0.2, 0.25) is 0 Å². The second-order valence-electron chi connectivity index (χ2n) is 5.04. The molecule has 1 heteroatoms. The molecule has 1 unspecified atom stereocenters. The molecule has 0 spiro atoms.